The van der Waals surface area contributed by atoms with Gasteiger partial charge < -0.3 is 15.5 Å². The minimum Gasteiger partial charge on any atom is -0.495 e. The zero-order valence-electron chi connectivity index (χ0n) is 13.0. The van der Waals surface area contributed by atoms with Gasteiger partial charge in [0.15, 0.2) is 0 Å². The minimum atomic E-state index is -0.311. The van der Waals surface area contributed by atoms with Crippen molar-refractivity contribution in [2.75, 3.05) is 12.8 Å². The number of anilines is 1. The summed E-state index contributed by atoms with van der Waals surface area (Å²) in [4.78, 5) is 15.3. The first kappa shape index (κ1) is 15.8. The van der Waals surface area contributed by atoms with Crippen molar-refractivity contribution in [3.8, 4) is 11.4 Å². The van der Waals surface area contributed by atoms with Crippen molar-refractivity contribution < 1.29 is 4.74 Å². The number of halogens is 2. The quantitative estimate of drug-likeness (QED) is 0.559. The van der Waals surface area contributed by atoms with Crippen LogP contribution in [0.1, 0.15) is 0 Å². The number of nitrogens with two attached hydrogens (primary N) is 1. The Labute approximate surface area is 151 Å². The van der Waals surface area contributed by atoms with E-state index in [2.05, 4.69) is 10.1 Å². The second-order valence-corrected chi connectivity index (χ2v) is 6.27. The van der Waals surface area contributed by atoms with E-state index in [0.29, 0.717) is 37.9 Å². The zero-order chi connectivity index (χ0) is 17.7. The Hall–Kier alpha value is -2.70. The smallest absolute Gasteiger partial charge is 0.261 e. The van der Waals surface area contributed by atoms with Crippen LogP contribution in [0.25, 0.3) is 27.5 Å². The number of nitrogens with zero attached hydrogens (tertiary/aromatic N) is 2. The number of benzene rings is 2. The molecule has 0 aliphatic rings. The van der Waals surface area contributed by atoms with Crippen molar-refractivity contribution in [2.45, 2.75) is 0 Å². The highest BCUT2D eigenvalue weighted by Gasteiger charge is 2.19. The van der Waals surface area contributed by atoms with Crippen LogP contribution in [0, 0.1) is 0 Å². The fourth-order valence-electron chi connectivity index (χ4n) is 2.85. The number of nitrogens with one attached hydrogen (secondary N) is 1. The molecule has 0 aliphatic heterocycles. The maximum Gasteiger partial charge on any atom is 0.261 e. The number of H-pyrrole nitrogens is 1. The first-order valence-electron chi connectivity index (χ1n) is 7.34. The number of nitrogen functional groups attached to an aromatic ring is 1. The van der Waals surface area contributed by atoms with Crippen molar-refractivity contribution >= 4 is 50.8 Å². The third kappa shape index (κ3) is 2.33. The summed E-state index contributed by atoms with van der Waals surface area (Å²) in [5.41, 5.74) is 7.56. The van der Waals surface area contributed by atoms with Crippen molar-refractivity contribution in [1.82, 2.24) is 14.8 Å². The first-order chi connectivity index (χ1) is 12.0. The molecule has 0 aliphatic carbocycles. The third-order valence-corrected chi connectivity index (χ3v) is 4.63. The largest absolute Gasteiger partial charge is 0.495 e. The number of aromatic amines is 1. The lowest BCUT2D eigenvalue weighted by Crippen LogP contribution is -2.08. The Morgan fingerprint density at radius 3 is 2.72 bits per heavy atom. The molecule has 8 heteroatoms. The highest BCUT2D eigenvalue weighted by Crippen LogP contribution is 2.35. The second-order valence-electron chi connectivity index (χ2n) is 5.46. The molecule has 0 saturated heterocycles. The molecule has 0 radical (unpaired) electrons. The number of hydrogen-bond donors (Lipinski definition) is 2. The molecule has 0 fully saturated rings. The van der Waals surface area contributed by atoms with Gasteiger partial charge in [-0.1, -0.05) is 41.4 Å². The molecule has 4 aromatic rings. The molecule has 4 rings (SSSR count). The predicted octanol–water partition coefficient (Wildman–Crippen LogP) is 3.76. The number of hydrogen-bond acceptors (Lipinski definition) is 4. The number of fused-ring (bicyclic) bond motifs is 3. The molecule has 6 nitrogen and oxygen atoms in total. The zero-order valence-corrected chi connectivity index (χ0v) is 14.5. The third-order valence-electron chi connectivity index (χ3n) is 4.03. The van der Waals surface area contributed by atoms with Gasteiger partial charge in [-0.25, -0.2) is 4.68 Å². The Kier molecular flexibility index (Phi) is 3.59. The molecule has 0 amide bonds. The molecule has 0 unspecified atom stereocenters. The average molecular weight is 375 g/mol. The van der Waals surface area contributed by atoms with E-state index in [0.717, 1.165) is 5.39 Å². The van der Waals surface area contributed by atoms with Gasteiger partial charge >= 0.3 is 0 Å². The lowest BCUT2D eigenvalue weighted by atomic mass is 10.1. The Morgan fingerprint density at radius 1 is 1.20 bits per heavy atom. The van der Waals surface area contributed by atoms with Gasteiger partial charge in [0.1, 0.15) is 22.5 Å². The summed E-state index contributed by atoms with van der Waals surface area (Å²) in [6.07, 6.45) is 0. The van der Waals surface area contributed by atoms with E-state index in [1.165, 1.54) is 11.8 Å². The summed E-state index contributed by atoms with van der Waals surface area (Å²) in [7, 11) is 1.50. The van der Waals surface area contributed by atoms with Crippen LogP contribution in [-0.4, -0.2) is 21.9 Å². The predicted molar refractivity (Wildman–Crippen MR) is 100 cm³/mol. The van der Waals surface area contributed by atoms with E-state index in [4.69, 9.17) is 33.7 Å². The Morgan fingerprint density at radius 2 is 1.96 bits per heavy atom. The molecule has 3 N–H and O–H groups in total. The van der Waals surface area contributed by atoms with Gasteiger partial charge in [-0.15, -0.1) is 0 Å². The topological polar surface area (TPSA) is 85.9 Å². The summed E-state index contributed by atoms with van der Waals surface area (Å²) < 4.78 is 6.65. The number of para-hydroxylation sites is 1. The van der Waals surface area contributed by atoms with Gasteiger partial charge in [0.2, 0.25) is 0 Å². The fraction of sp³-hybridized carbons (Fsp3) is 0.0588. The fourth-order valence-corrected chi connectivity index (χ4v) is 3.39. The van der Waals surface area contributed by atoms with Crippen LogP contribution in [-0.2, 0) is 0 Å². The number of methoxy groups -OCH3 is 1. The summed E-state index contributed by atoms with van der Waals surface area (Å²) in [6.45, 7) is 0. The number of aromatic nitrogens is 3. The molecule has 0 spiro atoms. The van der Waals surface area contributed by atoms with Crippen LogP contribution in [0.5, 0.6) is 5.75 Å². The van der Waals surface area contributed by atoms with Crippen LogP contribution in [0.15, 0.2) is 41.2 Å². The van der Waals surface area contributed by atoms with E-state index in [1.807, 2.05) is 24.3 Å². The maximum atomic E-state index is 12.5. The van der Waals surface area contributed by atoms with Crippen molar-refractivity contribution in [3.05, 3.63) is 56.8 Å². The summed E-state index contributed by atoms with van der Waals surface area (Å²) in [6, 6.07) is 10.6. The summed E-state index contributed by atoms with van der Waals surface area (Å²) in [5, 5.41) is 6.34. The Balaban J connectivity index is 2.11. The lowest BCUT2D eigenvalue weighted by Gasteiger charge is -2.10. The second kappa shape index (κ2) is 5.68. The molecule has 25 heavy (non-hydrogen) atoms. The first-order valence-corrected chi connectivity index (χ1v) is 8.09. The maximum absolute atomic E-state index is 12.5. The molecule has 0 bridgehead atoms. The van der Waals surface area contributed by atoms with Gasteiger partial charge in [0.25, 0.3) is 5.56 Å². The molecule has 126 valence electrons. The van der Waals surface area contributed by atoms with E-state index in [1.54, 1.807) is 12.1 Å². The molecule has 2 aromatic carbocycles. The van der Waals surface area contributed by atoms with Crippen LogP contribution >= 0.6 is 23.2 Å². The van der Waals surface area contributed by atoms with Gasteiger partial charge in [-0.3, -0.25) is 4.79 Å². The number of ether oxygens (including phenoxy) is 1. The minimum absolute atomic E-state index is 0.188. The van der Waals surface area contributed by atoms with Gasteiger partial charge in [-0.05, 0) is 12.1 Å². The van der Waals surface area contributed by atoms with Crippen LogP contribution in [0.4, 0.5) is 5.82 Å². The lowest BCUT2D eigenvalue weighted by molar-refractivity contribution is 0.415. The normalized spacial score (nSPS) is 11.3. The van der Waals surface area contributed by atoms with Crippen LogP contribution < -0.4 is 16.0 Å². The molecule has 0 atom stereocenters. The number of rotatable bonds is 2. The van der Waals surface area contributed by atoms with Gasteiger partial charge in [-0.2, -0.15) is 5.10 Å². The van der Waals surface area contributed by atoms with Crippen LogP contribution in [0.2, 0.25) is 10.0 Å². The molecular weight excluding hydrogens is 363 g/mol. The van der Waals surface area contributed by atoms with Gasteiger partial charge in [0, 0.05) is 11.5 Å². The average Bonchev–Trinajstić information content (AvgIpc) is 2.93. The summed E-state index contributed by atoms with van der Waals surface area (Å²) >= 11 is 12.4. The van der Waals surface area contributed by atoms with Crippen LogP contribution in [0.3, 0.4) is 0 Å². The standard InChI is InChI=1S/C17H12Cl2N4O2/c1-25-13-7-12(9(18)6-10(13)19)23-16(20)14-15(22-23)8-4-2-3-5-11(8)21-17(14)24/h2-7H,20H2,1H3,(H,21,24). The van der Waals surface area contributed by atoms with Crippen molar-refractivity contribution in [3.63, 3.8) is 0 Å². The SMILES string of the molecule is COc1cc(-n2nc3c(c2N)c(=O)[nH]c2ccccc23)c(Cl)cc1Cl. The van der Waals surface area contributed by atoms with Gasteiger partial charge in [0.05, 0.1) is 28.4 Å². The Bertz CT molecular complexity index is 1200. The monoisotopic (exact) mass is 374 g/mol. The highest BCUT2D eigenvalue weighted by molar-refractivity contribution is 6.36. The van der Waals surface area contributed by atoms with E-state index >= 15 is 0 Å². The van der Waals surface area contributed by atoms with E-state index < -0.39 is 0 Å². The highest BCUT2D eigenvalue weighted by atomic mass is 35.5. The molecule has 0 saturated carbocycles. The molecular formula is C17H12Cl2N4O2. The molecule has 2 aromatic heterocycles. The number of pyridine rings is 1. The van der Waals surface area contributed by atoms with Crippen molar-refractivity contribution in [2.24, 2.45) is 0 Å². The summed E-state index contributed by atoms with van der Waals surface area (Å²) in [5.74, 6) is 0.618. The molecule has 2 heterocycles. The van der Waals surface area contributed by atoms with E-state index in [9.17, 15) is 4.79 Å². The van der Waals surface area contributed by atoms with Crippen molar-refractivity contribution in [1.29, 1.82) is 0 Å². The van der Waals surface area contributed by atoms with E-state index in [-0.39, 0.29) is 11.4 Å².